The van der Waals surface area contributed by atoms with Crippen molar-refractivity contribution in [2.75, 3.05) is 0 Å². The molecule has 138 heavy (non-hydrogen) atoms. The molecule has 0 unspecified atom stereocenters. The summed E-state index contributed by atoms with van der Waals surface area (Å²) in [6.07, 6.45) is 21.8. The van der Waals surface area contributed by atoms with E-state index in [9.17, 15) is 0 Å². The zero-order valence-corrected chi connectivity index (χ0v) is 76.3. The maximum Gasteiger partial charge on any atom is 0.235 e. The lowest BCUT2D eigenvalue weighted by atomic mass is 10.00. The first-order valence-electron chi connectivity index (χ1n) is 45.5. The summed E-state index contributed by atoms with van der Waals surface area (Å²) in [4.78, 5) is 55.0. The van der Waals surface area contributed by atoms with Gasteiger partial charge in [-0.25, -0.2) is 24.9 Å². The van der Waals surface area contributed by atoms with Gasteiger partial charge < -0.3 is 0 Å². The van der Waals surface area contributed by atoms with Crippen LogP contribution in [-0.2, 0) is 0 Å². The van der Waals surface area contributed by atoms with E-state index < -0.39 is 0 Å². The smallest absolute Gasteiger partial charge is 0.235 e. The number of hydrogen-bond acceptors (Lipinski definition) is 14. The minimum Gasteiger partial charge on any atom is -0.294 e. The summed E-state index contributed by atoms with van der Waals surface area (Å²) in [6, 6.07) is 137. The third-order valence-electron chi connectivity index (χ3n) is 25.5. The maximum absolute atomic E-state index is 5.30. The lowest BCUT2D eigenvalue weighted by Gasteiger charge is -2.13. The molecule has 15 heterocycles. The number of hydrogen-bond donors (Lipinski definition) is 0. The number of para-hydroxylation sites is 3. The van der Waals surface area contributed by atoms with E-state index in [2.05, 4.69) is 359 Å². The molecule has 0 aliphatic rings. The average Bonchev–Trinajstić information content (AvgIpc) is 1.58. The summed E-state index contributed by atoms with van der Waals surface area (Å²) in [5.41, 5.74) is 27.9. The van der Waals surface area contributed by atoms with Crippen LogP contribution in [0.25, 0.3) is 246 Å². The van der Waals surface area contributed by atoms with Gasteiger partial charge in [0, 0.05) is 169 Å². The van der Waals surface area contributed by atoms with Gasteiger partial charge in [-0.2, -0.15) is 0 Å². The van der Waals surface area contributed by atoms with E-state index in [0.29, 0.717) is 11.8 Å². The molecule has 17 heteroatoms. The van der Waals surface area contributed by atoms with Crippen LogP contribution in [-0.4, -0.2) is 68.5 Å². The zero-order chi connectivity index (χ0) is 91.4. The predicted molar refractivity (Wildman–Crippen MR) is 569 cm³/mol. The van der Waals surface area contributed by atoms with Crippen LogP contribution in [0.4, 0.5) is 0 Å². The molecule has 0 saturated carbocycles. The molecule has 0 atom stereocenters. The molecule has 648 valence electrons. The number of rotatable bonds is 15. The second-order valence-electron chi connectivity index (χ2n) is 33.7. The van der Waals surface area contributed by atoms with Crippen molar-refractivity contribution in [1.29, 1.82) is 0 Å². The van der Waals surface area contributed by atoms with Crippen LogP contribution < -0.4 is 0 Å². The third-order valence-corrected chi connectivity index (χ3v) is 29.2. The minimum absolute atomic E-state index is 0.632. The number of fused-ring (bicyclic) bond motifs is 15. The maximum atomic E-state index is 5.30. The van der Waals surface area contributed by atoms with Crippen molar-refractivity contribution >= 4 is 130 Å². The van der Waals surface area contributed by atoms with Gasteiger partial charge in [0.05, 0.1) is 55.9 Å². The second-order valence-corrected chi connectivity index (χ2v) is 36.9. The van der Waals surface area contributed by atoms with Crippen LogP contribution in [0.1, 0.15) is 0 Å². The molecule has 0 radical (unpaired) electrons. The van der Waals surface area contributed by atoms with E-state index in [1.165, 1.54) is 93.9 Å². The molecule has 27 rings (SSSR count). The molecule has 0 aliphatic heterocycles. The van der Waals surface area contributed by atoms with Crippen LogP contribution in [0.15, 0.2) is 463 Å². The zero-order valence-electron chi connectivity index (χ0n) is 73.9. The summed E-state index contributed by atoms with van der Waals surface area (Å²) in [6.45, 7) is 0. The lowest BCUT2D eigenvalue weighted by molar-refractivity contribution is 0.995. The fraction of sp³-hybridized carbons (Fsp3) is 0. The summed E-state index contributed by atoms with van der Waals surface area (Å²) >= 11 is 5.54. The summed E-state index contributed by atoms with van der Waals surface area (Å²) in [7, 11) is 0. The number of nitrogens with zero attached hydrogens (tertiary/aromatic N) is 14. The number of thiophene rings is 3. The van der Waals surface area contributed by atoms with Gasteiger partial charge in [0.15, 0.2) is 5.82 Å². The molecule has 27 aromatic rings. The standard InChI is InChI=1S/C41H26N4S.2C40H25N5S/c1-2-6-31(7-3-1)38-25-32-14-15-37-40(41(32)46-38)34-8-4-5-9-36(34)45(37)39-26-33(24-35(44-39)30-18-22-43-23-19-30)28-12-10-27(11-13-28)29-16-20-42-21-17-29;1-2-6-30(7-3-1)37-24-31-14-15-36-38(39(31)46-37)32-8-4-5-9-35(32)45(36)40-43-33(25-34(44-40)29-18-22-42-23-19-29)28-12-10-26(11-13-28)27-16-20-41-21-17-27;1-2-6-29(7-3-1)36-24-31-14-15-35-38(39(31)46-36)32-8-4-5-9-34(32)45(35)37-25-33(43-40(44-37)30-18-22-42-23-19-30)28-12-10-26(11-13-28)27-16-20-41-21-17-27/h1-26H;2*1-25H. The van der Waals surface area contributed by atoms with Gasteiger partial charge in [-0.3, -0.25) is 43.6 Å². The second kappa shape index (κ2) is 35.6. The van der Waals surface area contributed by atoms with Gasteiger partial charge >= 0.3 is 0 Å². The highest BCUT2D eigenvalue weighted by Gasteiger charge is 2.26. The average molecular weight is 1820 g/mol. The van der Waals surface area contributed by atoms with Gasteiger partial charge in [-0.1, -0.05) is 237 Å². The Bertz CT molecular complexity index is 8350. The molecule has 12 aromatic carbocycles. The summed E-state index contributed by atoms with van der Waals surface area (Å²) < 4.78 is 10.7. The first-order chi connectivity index (χ1) is 68.4. The van der Waals surface area contributed by atoms with E-state index >= 15 is 0 Å². The van der Waals surface area contributed by atoms with Crippen molar-refractivity contribution in [2.45, 2.75) is 0 Å². The first-order valence-corrected chi connectivity index (χ1v) is 47.9. The fourth-order valence-corrected chi connectivity index (χ4v) is 22.6. The van der Waals surface area contributed by atoms with Crippen LogP contribution in [0, 0.1) is 0 Å². The molecule has 0 N–H and O–H groups in total. The Hall–Kier alpha value is -17.9. The van der Waals surface area contributed by atoms with Crippen molar-refractivity contribution < 1.29 is 0 Å². The van der Waals surface area contributed by atoms with Gasteiger partial charge in [0.1, 0.15) is 11.6 Å². The number of benzene rings is 12. The molecule has 0 bridgehead atoms. The highest BCUT2D eigenvalue weighted by atomic mass is 32.1. The molecular weight excluding hydrogens is 1750 g/mol. The molecule has 0 saturated heterocycles. The Morgan fingerprint density at radius 2 is 0.457 bits per heavy atom. The van der Waals surface area contributed by atoms with Crippen LogP contribution in [0.2, 0.25) is 0 Å². The fourth-order valence-electron chi connectivity index (χ4n) is 18.9. The summed E-state index contributed by atoms with van der Waals surface area (Å²) in [5.74, 6) is 2.99. The number of aromatic nitrogens is 14. The van der Waals surface area contributed by atoms with E-state index in [1.54, 1.807) is 24.8 Å². The Labute approximate surface area is 804 Å². The minimum atomic E-state index is 0.632. The Kier molecular flexibility index (Phi) is 21.2. The van der Waals surface area contributed by atoms with Gasteiger partial charge in [-0.05, 0) is 223 Å². The van der Waals surface area contributed by atoms with Gasteiger partial charge in [0.25, 0.3) is 0 Å². The normalized spacial score (nSPS) is 11.5. The quantitative estimate of drug-likeness (QED) is 0.0962. The van der Waals surface area contributed by atoms with E-state index in [-0.39, 0.29) is 0 Å². The molecular formula is C121H76N14S3. The SMILES string of the molecule is c1ccc(-c2cc3ccc4c(c5ccccc5n4-c4cc(-c5ccc(-c6ccncc6)cc5)cc(-c5ccncc5)n4)c3s2)cc1.c1ccc(-c2cc3ccc4c(c5ccccc5n4-c4cc(-c5ccc(-c6ccncc6)cc5)nc(-c5ccncc5)n4)c3s2)cc1.c1ccc(-c2cc3ccc4c(c5ccccc5n4-c4nc(-c5ccncc5)cc(-c5ccc(-c6ccncc6)cc5)n4)c3s2)cc1. The number of pyridine rings is 7. The van der Waals surface area contributed by atoms with Crippen molar-refractivity contribution in [3.63, 3.8) is 0 Å². The predicted octanol–water partition coefficient (Wildman–Crippen LogP) is 31.3. The van der Waals surface area contributed by atoms with Gasteiger partial charge in [-0.15, -0.1) is 34.0 Å². The molecule has 0 spiro atoms. The van der Waals surface area contributed by atoms with E-state index in [1.807, 2.05) is 156 Å². The monoisotopic (exact) mass is 1820 g/mol. The van der Waals surface area contributed by atoms with Crippen molar-refractivity contribution in [2.24, 2.45) is 0 Å². The Balaban J connectivity index is 0.000000110. The highest BCUT2D eigenvalue weighted by Crippen LogP contribution is 2.48. The van der Waals surface area contributed by atoms with Crippen LogP contribution in [0.3, 0.4) is 0 Å². The molecule has 14 nitrogen and oxygen atoms in total. The van der Waals surface area contributed by atoms with Crippen LogP contribution >= 0.6 is 34.0 Å². The van der Waals surface area contributed by atoms with E-state index in [4.69, 9.17) is 24.9 Å². The molecule has 0 aliphatic carbocycles. The largest absolute Gasteiger partial charge is 0.294 e. The van der Waals surface area contributed by atoms with Crippen LogP contribution in [0.5, 0.6) is 0 Å². The highest BCUT2D eigenvalue weighted by molar-refractivity contribution is 7.24. The lowest BCUT2D eigenvalue weighted by Crippen LogP contribution is -2.04. The van der Waals surface area contributed by atoms with Crippen molar-refractivity contribution in [3.8, 4) is 150 Å². The van der Waals surface area contributed by atoms with E-state index in [0.717, 1.165) is 140 Å². The van der Waals surface area contributed by atoms with Crippen molar-refractivity contribution in [3.05, 3.63) is 463 Å². The topological polar surface area (TPSA) is 157 Å². The van der Waals surface area contributed by atoms with Crippen molar-refractivity contribution in [1.82, 2.24) is 68.5 Å². The van der Waals surface area contributed by atoms with Gasteiger partial charge in [0.2, 0.25) is 5.95 Å². The Morgan fingerprint density at radius 3 is 0.833 bits per heavy atom. The summed E-state index contributed by atoms with van der Waals surface area (Å²) in [5, 5.41) is 11.1. The Morgan fingerprint density at radius 1 is 0.174 bits per heavy atom. The third kappa shape index (κ3) is 15.4. The molecule has 0 amide bonds. The first kappa shape index (κ1) is 82.1. The molecule has 0 fully saturated rings. The molecule has 15 aromatic heterocycles.